The van der Waals surface area contributed by atoms with E-state index in [1.54, 1.807) is 22.9 Å². The van der Waals surface area contributed by atoms with Crippen molar-refractivity contribution >= 4 is 22.9 Å². The highest BCUT2D eigenvalue weighted by Gasteiger charge is 2.10. The van der Waals surface area contributed by atoms with Crippen molar-refractivity contribution in [3.05, 3.63) is 72.3 Å². The van der Waals surface area contributed by atoms with Crippen LogP contribution in [0.3, 0.4) is 0 Å². The van der Waals surface area contributed by atoms with Crippen LogP contribution in [-0.4, -0.2) is 31.5 Å². The first kappa shape index (κ1) is 14.8. The first-order valence-electron chi connectivity index (χ1n) is 7.66. The Labute approximate surface area is 143 Å². The molecule has 25 heavy (non-hydrogen) atoms. The van der Waals surface area contributed by atoms with E-state index < -0.39 is 0 Å². The Hall–Kier alpha value is -3.74. The predicted molar refractivity (Wildman–Crippen MR) is 96.0 cm³/mol. The van der Waals surface area contributed by atoms with Crippen LogP contribution in [0.15, 0.2) is 71.8 Å². The SMILES string of the molecule is Oc1ccccc1/C=N/Nc1nnnn1-c1cccc2ccccc12. The number of rotatable bonds is 4. The third-order valence-electron chi connectivity index (χ3n) is 3.77. The van der Waals surface area contributed by atoms with Gasteiger partial charge < -0.3 is 5.11 Å². The molecule has 0 bridgehead atoms. The van der Waals surface area contributed by atoms with Crippen molar-refractivity contribution in [3.63, 3.8) is 0 Å². The second-order valence-corrected chi connectivity index (χ2v) is 5.34. The summed E-state index contributed by atoms with van der Waals surface area (Å²) in [7, 11) is 0. The van der Waals surface area contributed by atoms with E-state index in [0.717, 1.165) is 16.5 Å². The molecule has 1 heterocycles. The van der Waals surface area contributed by atoms with Gasteiger partial charge in [-0.1, -0.05) is 53.6 Å². The standard InChI is InChI=1S/C18H14N6O/c25-17-11-4-2-7-14(17)12-19-20-18-21-22-23-24(18)16-10-5-8-13-6-1-3-9-15(13)16/h1-12,25H,(H,20,21,23)/b19-12+. The Morgan fingerprint density at radius 3 is 2.68 bits per heavy atom. The van der Waals surface area contributed by atoms with E-state index in [0.29, 0.717) is 11.5 Å². The maximum atomic E-state index is 9.75. The van der Waals surface area contributed by atoms with E-state index in [2.05, 4.69) is 26.1 Å². The minimum Gasteiger partial charge on any atom is -0.507 e. The highest BCUT2D eigenvalue weighted by atomic mass is 16.3. The van der Waals surface area contributed by atoms with E-state index in [4.69, 9.17) is 0 Å². The Kier molecular flexibility index (Phi) is 3.80. The average molecular weight is 330 g/mol. The van der Waals surface area contributed by atoms with Crippen molar-refractivity contribution in [1.82, 2.24) is 20.2 Å². The largest absolute Gasteiger partial charge is 0.507 e. The van der Waals surface area contributed by atoms with Crippen LogP contribution in [-0.2, 0) is 0 Å². The van der Waals surface area contributed by atoms with Gasteiger partial charge in [0.05, 0.1) is 11.9 Å². The monoisotopic (exact) mass is 330 g/mol. The number of phenols is 1. The van der Waals surface area contributed by atoms with Gasteiger partial charge in [0.1, 0.15) is 5.75 Å². The number of tetrazole rings is 1. The number of benzene rings is 3. The number of fused-ring (bicyclic) bond motifs is 1. The molecule has 7 heteroatoms. The molecule has 122 valence electrons. The van der Waals surface area contributed by atoms with Crippen LogP contribution in [0.25, 0.3) is 16.5 Å². The molecular formula is C18H14N6O. The zero-order valence-electron chi connectivity index (χ0n) is 13.1. The molecule has 2 N–H and O–H groups in total. The van der Waals surface area contributed by atoms with Crippen LogP contribution >= 0.6 is 0 Å². The molecule has 0 saturated heterocycles. The number of aromatic hydroxyl groups is 1. The Morgan fingerprint density at radius 1 is 0.960 bits per heavy atom. The summed E-state index contributed by atoms with van der Waals surface area (Å²) in [5.41, 5.74) is 4.26. The van der Waals surface area contributed by atoms with E-state index >= 15 is 0 Å². The van der Waals surface area contributed by atoms with Crippen molar-refractivity contribution in [3.8, 4) is 11.4 Å². The van der Waals surface area contributed by atoms with Gasteiger partial charge in [-0.15, -0.1) is 0 Å². The minimum absolute atomic E-state index is 0.154. The summed E-state index contributed by atoms with van der Waals surface area (Å²) in [6.07, 6.45) is 1.51. The molecule has 0 amide bonds. The number of anilines is 1. The zero-order chi connectivity index (χ0) is 17.1. The van der Waals surface area contributed by atoms with Crippen LogP contribution in [0.5, 0.6) is 5.75 Å². The van der Waals surface area contributed by atoms with Crippen molar-refractivity contribution in [1.29, 1.82) is 0 Å². The molecular weight excluding hydrogens is 316 g/mol. The molecule has 0 unspecified atom stereocenters. The van der Waals surface area contributed by atoms with Crippen molar-refractivity contribution < 1.29 is 5.11 Å². The Balaban J connectivity index is 1.66. The lowest BCUT2D eigenvalue weighted by atomic mass is 10.1. The van der Waals surface area contributed by atoms with Gasteiger partial charge in [-0.25, -0.2) is 5.43 Å². The van der Waals surface area contributed by atoms with Crippen LogP contribution in [0, 0.1) is 0 Å². The van der Waals surface area contributed by atoms with E-state index in [-0.39, 0.29) is 5.75 Å². The van der Waals surface area contributed by atoms with Gasteiger partial charge in [0.15, 0.2) is 0 Å². The van der Waals surface area contributed by atoms with E-state index in [9.17, 15) is 5.11 Å². The lowest BCUT2D eigenvalue weighted by molar-refractivity contribution is 0.474. The second kappa shape index (κ2) is 6.40. The summed E-state index contributed by atoms with van der Waals surface area (Å²) < 4.78 is 1.59. The normalized spacial score (nSPS) is 11.2. The zero-order valence-corrected chi connectivity index (χ0v) is 13.1. The number of hydrogen-bond acceptors (Lipinski definition) is 6. The first-order chi connectivity index (χ1) is 12.3. The van der Waals surface area contributed by atoms with Crippen LogP contribution < -0.4 is 5.43 Å². The fraction of sp³-hybridized carbons (Fsp3) is 0. The Morgan fingerprint density at radius 2 is 1.76 bits per heavy atom. The molecule has 0 aliphatic carbocycles. The number of nitrogens with zero attached hydrogens (tertiary/aromatic N) is 5. The molecule has 0 saturated carbocycles. The molecule has 7 nitrogen and oxygen atoms in total. The third-order valence-corrected chi connectivity index (χ3v) is 3.77. The van der Waals surface area contributed by atoms with Gasteiger partial charge in [0.25, 0.3) is 5.95 Å². The molecule has 4 rings (SSSR count). The van der Waals surface area contributed by atoms with Crippen LogP contribution in [0.2, 0.25) is 0 Å². The van der Waals surface area contributed by atoms with Crippen molar-refractivity contribution in [2.75, 3.05) is 5.43 Å². The number of nitrogens with one attached hydrogen (secondary N) is 1. The highest BCUT2D eigenvalue weighted by molar-refractivity contribution is 5.90. The molecule has 0 radical (unpaired) electrons. The molecule has 1 aromatic heterocycles. The molecule has 0 atom stereocenters. The van der Waals surface area contributed by atoms with Gasteiger partial charge in [-0.3, -0.25) is 0 Å². The van der Waals surface area contributed by atoms with Crippen LogP contribution in [0.4, 0.5) is 5.95 Å². The third kappa shape index (κ3) is 2.90. The van der Waals surface area contributed by atoms with Gasteiger partial charge in [0, 0.05) is 10.9 Å². The molecule has 0 spiro atoms. The summed E-state index contributed by atoms with van der Waals surface area (Å²) in [4.78, 5) is 0. The lowest BCUT2D eigenvalue weighted by Gasteiger charge is -2.07. The molecule has 4 aromatic rings. The van der Waals surface area contributed by atoms with Crippen molar-refractivity contribution in [2.45, 2.75) is 0 Å². The topological polar surface area (TPSA) is 88.2 Å². The average Bonchev–Trinajstić information content (AvgIpc) is 3.11. The van der Waals surface area contributed by atoms with Gasteiger partial charge in [-0.05, 0) is 34.0 Å². The first-order valence-corrected chi connectivity index (χ1v) is 7.66. The maximum absolute atomic E-state index is 9.75. The summed E-state index contributed by atoms with van der Waals surface area (Å²) in [5, 5.41) is 27.7. The molecule has 3 aromatic carbocycles. The summed E-state index contributed by atoms with van der Waals surface area (Å²) >= 11 is 0. The number of phenolic OH excluding ortho intramolecular Hbond substituents is 1. The fourth-order valence-corrected chi connectivity index (χ4v) is 2.57. The molecule has 0 aliphatic rings. The Bertz CT molecular complexity index is 1050. The lowest BCUT2D eigenvalue weighted by Crippen LogP contribution is -2.04. The number of para-hydroxylation sites is 1. The maximum Gasteiger partial charge on any atom is 0.268 e. The fourth-order valence-electron chi connectivity index (χ4n) is 2.57. The number of hydrogen-bond donors (Lipinski definition) is 2. The summed E-state index contributed by atoms with van der Waals surface area (Å²) in [6.45, 7) is 0. The number of hydrazone groups is 1. The molecule has 0 aliphatic heterocycles. The highest BCUT2D eigenvalue weighted by Crippen LogP contribution is 2.23. The van der Waals surface area contributed by atoms with Gasteiger partial charge >= 0.3 is 0 Å². The second-order valence-electron chi connectivity index (χ2n) is 5.34. The smallest absolute Gasteiger partial charge is 0.268 e. The molecule has 0 fully saturated rings. The number of aromatic nitrogens is 4. The van der Waals surface area contributed by atoms with Gasteiger partial charge in [-0.2, -0.15) is 9.78 Å². The quantitative estimate of drug-likeness (QED) is 0.444. The summed E-state index contributed by atoms with van der Waals surface area (Å²) in [6, 6.07) is 20.9. The van der Waals surface area contributed by atoms with E-state index in [1.165, 1.54) is 6.21 Å². The predicted octanol–water partition coefficient (Wildman–Crippen LogP) is 2.97. The minimum atomic E-state index is 0.154. The van der Waals surface area contributed by atoms with E-state index in [1.807, 2.05) is 48.5 Å². The van der Waals surface area contributed by atoms with Gasteiger partial charge in [0.2, 0.25) is 0 Å². The summed E-state index contributed by atoms with van der Waals surface area (Å²) in [5.74, 6) is 0.532. The van der Waals surface area contributed by atoms with Crippen LogP contribution in [0.1, 0.15) is 5.56 Å². The van der Waals surface area contributed by atoms with Crippen molar-refractivity contribution in [2.24, 2.45) is 5.10 Å².